The van der Waals surface area contributed by atoms with Crippen LogP contribution in [-0.2, 0) is 14.3 Å². The summed E-state index contributed by atoms with van der Waals surface area (Å²) in [5, 5.41) is 5.48. The third kappa shape index (κ3) is 4.46. The smallest absolute Gasteiger partial charge is 0.257 e. The van der Waals surface area contributed by atoms with E-state index in [1.54, 1.807) is 24.3 Å². The first-order valence-corrected chi connectivity index (χ1v) is 7.52. The number of anilines is 1. The highest BCUT2D eigenvalue weighted by Gasteiger charge is 2.30. The quantitative estimate of drug-likeness (QED) is 0.836. The average molecular weight is 306 g/mol. The van der Waals surface area contributed by atoms with E-state index < -0.39 is 0 Å². The van der Waals surface area contributed by atoms with Crippen LogP contribution in [0.15, 0.2) is 24.3 Å². The van der Waals surface area contributed by atoms with E-state index in [1.807, 2.05) is 13.8 Å². The Morgan fingerprint density at radius 2 is 2.05 bits per heavy atom. The van der Waals surface area contributed by atoms with Crippen molar-refractivity contribution in [1.82, 2.24) is 5.32 Å². The molecule has 120 valence electrons. The fourth-order valence-corrected chi connectivity index (χ4v) is 2.28. The largest absolute Gasteiger partial charge is 0.484 e. The molecule has 1 aliphatic rings. The van der Waals surface area contributed by atoms with Gasteiger partial charge in [-0.05, 0) is 43.5 Å². The lowest BCUT2D eigenvalue weighted by molar-refractivity contribution is -0.126. The Kier molecular flexibility index (Phi) is 5.77. The van der Waals surface area contributed by atoms with E-state index in [-0.39, 0.29) is 30.4 Å². The number of rotatable bonds is 6. The topological polar surface area (TPSA) is 76.7 Å². The molecule has 1 aromatic carbocycles. The molecule has 1 aromatic rings. The van der Waals surface area contributed by atoms with Crippen molar-refractivity contribution in [2.24, 2.45) is 5.92 Å². The van der Waals surface area contributed by atoms with Crippen LogP contribution in [0.25, 0.3) is 0 Å². The van der Waals surface area contributed by atoms with Gasteiger partial charge in [0.1, 0.15) is 11.9 Å². The van der Waals surface area contributed by atoms with Crippen LogP contribution in [0.3, 0.4) is 0 Å². The molecule has 2 N–H and O–H groups in total. The number of carbonyl (C=O) groups excluding carboxylic acids is 2. The zero-order valence-electron chi connectivity index (χ0n) is 12.9. The number of ether oxygens (including phenoxy) is 2. The van der Waals surface area contributed by atoms with E-state index >= 15 is 0 Å². The first kappa shape index (κ1) is 16.3. The molecule has 0 aromatic heterocycles. The second kappa shape index (κ2) is 7.79. The maximum absolute atomic E-state index is 12.1. The minimum absolute atomic E-state index is 0.0209. The lowest BCUT2D eigenvalue weighted by Crippen LogP contribution is -2.31. The minimum atomic E-state index is -0.381. The third-order valence-electron chi connectivity index (χ3n) is 3.51. The first-order chi connectivity index (χ1) is 10.6. The summed E-state index contributed by atoms with van der Waals surface area (Å²) in [6.45, 7) is 5.05. The number of hydrogen-bond donors (Lipinski definition) is 2. The average Bonchev–Trinajstić information content (AvgIpc) is 2.93. The van der Waals surface area contributed by atoms with Gasteiger partial charge in [0.05, 0.1) is 0 Å². The predicted octanol–water partition coefficient (Wildman–Crippen LogP) is 1.56. The summed E-state index contributed by atoms with van der Waals surface area (Å²) in [5.41, 5.74) is 0.679. The number of amides is 2. The molecule has 2 atom stereocenters. The summed E-state index contributed by atoms with van der Waals surface area (Å²) in [6.07, 6.45) is 0.527. The van der Waals surface area contributed by atoms with E-state index in [2.05, 4.69) is 10.6 Å². The molecule has 6 heteroatoms. The van der Waals surface area contributed by atoms with E-state index in [1.165, 1.54) is 0 Å². The molecule has 0 saturated carbocycles. The lowest BCUT2D eigenvalue weighted by atomic mass is 10.0. The van der Waals surface area contributed by atoms with Crippen LogP contribution in [0, 0.1) is 5.92 Å². The van der Waals surface area contributed by atoms with Gasteiger partial charge in [0.2, 0.25) is 0 Å². The number of likely N-dealkylation sites (N-methyl/N-ethyl adjacent to an activating group) is 1. The van der Waals surface area contributed by atoms with Crippen LogP contribution in [-0.4, -0.2) is 37.7 Å². The fraction of sp³-hybridized carbons (Fsp3) is 0.500. The molecule has 1 aliphatic heterocycles. The first-order valence-electron chi connectivity index (χ1n) is 7.52. The van der Waals surface area contributed by atoms with Gasteiger partial charge in [-0.25, -0.2) is 0 Å². The number of carbonyl (C=O) groups is 2. The molecule has 0 aliphatic carbocycles. The molecule has 0 radical (unpaired) electrons. The summed E-state index contributed by atoms with van der Waals surface area (Å²) in [5.74, 6) is 0.530. The van der Waals surface area contributed by atoms with Crippen LogP contribution >= 0.6 is 0 Å². The van der Waals surface area contributed by atoms with Crippen molar-refractivity contribution in [2.75, 3.05) is 25.1 Å². The molecule has 1 heterocycles. The second-order valence-corrected chi connectivity index (χ2v) is 5.31. The maximum atomic E-state index is 12.1. The van der Waals surface area contributed by atoms with Crippen LogP contribution in [0.4, 0.5) is 5.69 Å². The Labute approximate surface area is 130 Å². The van der Waals surface area contributed by atoms with Gasteiger partial charge in [0.15, 0.2) is 6.61 Å². The summed E-state index contributed by atoms with van der Waals surface area (Å²) in [6, 6.07) is 6.91. The number of nitrogens with one attached hydrogen (secondary N) is 2. The van der Waals surface area contributed by atoms with Crippen LogP contribution < -0.4 is 15.4 Å². The van der Waals surface area contributed by atoms with Crippen molar-refractivity contribution >= 4 is 17.5 Å². The van der Waals surface area contributed by atoms with Gasteiger partial charge in [-0.3, -0.25) is 9.59 Å². The SMILES string of the molecule is CCNC(=O)COc1ccc(NC(=O)[C@H]2OCC[C@@H]2C)cc1. The van der Waals surface area contributed by atoms with Gasteiger partial charge in [0, 0.05) is 18.8 Å². The van der Waals surface area contributed by atoms with Crippen molar-refractivity contribution in [3.63, 3.8) is 0 Å². The summed E-state index contributed by atoms with van der Waals surface area (Å²) in [4.78, 5) is 23.4. The highest BCUT2D eigenvalue weighted by atomic mass is 16.5. The van der Waals surface area contributed by atoms with Gasteiger partial charge in [-0.1, -0.05) is 6.92 Å². The highest BCUT2D eigenvalue weighted by Crippen LogP contribution is 2.22. The Bertz CT molecular complexity index is 515. The van der Waals surface area contributed by atoms with Crippen LogP contribution in [0.2, 0.25) is 0 Å². The molecule has 1 saturated heterocycles. The van der Waals surface area contributed by atoms with E-state index in [4.69, 9.17) is 9.47 Å². The monoisotopic (exact) mass is 306 g/mol. The van der Waals surface area contributed by atoms with Crippen molar-refractivity contribution < 1.29 is 19.1 Å². The van der Waals surface area contributed by atoms with E-state index in [0.717, 1.165) is 6.42 Å². The van der Waals surface area contributed by atoms with E-state index in [0.29, 0.717) is 24.6 Å². The van der Waals surface area contributed by atoms with E-state index in [9.17, 15) is 9.59 Å². The van der Waals surface area contributed by atoms with Crippen molar-refractivity contribution in [2.45, 2.75) is 26.4 Å². The standard InChI is InChI=1S/C16H22N2O4/c1-3-17-14(19)10-22-13-6-4-12(5-7-13)18-16(20)15-11(2)8-9-21-15/h4-7,11,15H,3,8-10H2,1-2H3,(H,17,19)(H,18,20)/t11-,15-/m0/s1. The predicted molar refractivity (Wildman–Crippen MR) is 82.8 cm³/mol. The maximum Gasteiger partial charge on any atom is 0.257 e. The molecule has 2 rings (SSSR count). The van der Waals surface area contributed by atoms with Crippen molar-refractivity contribution in [3.8, 4) is 5.75 Å². The second-order valence-electron chi connectivity index (χ2n) is 5.31. The lowest BCUT2D eigenvalue weighted by Gasteiger charge is -2.14. The van der Waals surface area contributed by atoms with Crippen molar-refractivity contribution in [1.29, 1.82) is 0 Å². The molecule has 22 heavy (non-hydrogen) atoms. The highest BCUT2D eigenvalue weighted by molar-refractivity contribution is 5.94. The minimum Gasteiger partial charge on any atom is -0.484 e. The van der Waals surface area contributed by atoms with Gasteiger partial charge in [-0.2, -0.15) is 0 Å². The molecule has 2 amide bonds. The Morgan fingerprint density at radius 3 is 2.64 bits per heavy atom. The molecular formula is C16H22N2O4. The normalized spacial score (nSPS) is 20.5. The van der Waals surface area contributed by atoms with Crippen LogP contribution in [0.5, 0.6) is 5.75 Å². The molecule has 0 bridgehead atoms. The molecule has 0 unspecified atom stereocenters. The number of hydrogen-bond acceptors (Lipinski definition) is 4. The molecule has 0 spiro atoms. The summed E-state index contributed by atoms with van der Waals surface area (Å²) >= 11 is 0. The third-order valence-corrected chi connectivity index (χ3v) is 3.51. The zero-order valence-corrected chi connectivity index (χ0v) is 12.9. The van der Waals surface area contributed by atoms with Crippen LogP contribution in [0.1, 0.15) is 20.3 Å². The summed E-state index contributed by atoms with van der Waals surface area (Å²) in [7, 11) is 0. The Morgan fingerprint density at radius 1 is 1.32 bits per heavy atom. The fourth-order valence-electron chi connectivity index (χ4n) is 2.28. The molecular weight excluding hydrogens is 284 g/mol. The van der Waals surface area contributed by atoms with Gasteiger partial charge in [-0.15, -0.1) is 0 Å². The van der Waals surface area contributed by atoms with Gasteiger partial charge in [0.25, 0.3) is 11.8 Å². The zero-order chi connectivity index (χ0) is 15.9. The van der Waals surface area contributed by atoms with Crippen molar-refractivity contribution in [3.05, 3.63) is 24.3 Å². The molecule has 6 nitrogen and oxygen atoms in total. The van der Waals surface area contributed by atoms with Gasteiger partial charge < -0.3 is 20.1 Å². The number of benzene rings is 1. The summed E-state index contributed by atoms with van der Waals surface area (Å²) < 4.78 is 10.8. The Hall–Kier alpha value is -2.08. The van der Waals surface area contributed by atoms with Gasteiger partial charge >= 0.3 is 0 Å². The Balaban J connectivity index is 1.83. The molecule has 1 fully saturated rings.